The summed E-state index contributed by atoms with van der Waals surface area (Å²) in [4.78, 5) is 23.6. The van der Waals surface area contributed by atoms with Gasteiger partial charge in [-0.3, -0.25) is 14.3 Å². The number of esters is 1. The highest BCUT2D eigenvalue weighted by Gasteiger charge is 2.14. The molecule has 7 nitrogen and oxygen atoms in total. The van der Waals surface area contributed by atoms with E-state index in [4.69, 9.17) is 9.47 Å². The molecule has 0 spiro atoms. The quantitative estimate of drug-likeness (QED) is 0.710. The fourth-order valence-corrected chi connectivity index (χ4v) is 2.54. The van der Waals surface area contributed by atoms with E-state index in [9.17, 15) is 9.59 Å². The molecule has 0 unspecified atom stereocenters. The molecule has 1 N–H and O–H groups in total. The lowest BCUT2D eigenvalue weighted by Crippen LogP contribution is -2.22. The van der Waals surface area contributed by atoms with Gasteiger partial charge in [-0.15, -0.1) is 0 Å². The number of aryl methyl sites for hydroxylation is 2. The summed E-state index contributed by atoms with van der Waals surface area (Å²) in [5, 5.41) is 6.92. The Bertz CT molecular complexity index is 773. The van der Waals surface area contributed by atoms with Gasteiger partial charge in [0.1, 0.15) is 5.75 Å². The number of rotatable bonds is 7. The molecule has 0 fully saturated rings. The number of aromatic nitrogens is 2. The van der Waals surface area contributed by atoms with Gasteiger partial charge in [-0.2, -0.15) is 5.10 Å². The van der Waals surface area contributed by atoms with E-state index in [2.05, 4.69) is 26.3 Å². The van der Waals surface area contributed by atoms with Crippen molar-refractivity contribution in [1.29, 1.82) is 0 Å². The van der Waals surface area contributed by atoms with Gasteiger partial charge in [0.15, 0.2) is 6.61 Å². The topological polar surface area (TPSA) is 82.5 Å². The molecule has 0 bridgehead atoms. The third kappa shape index (κ3) is 5.60. The summed E-state index contributed by atoms with van der Waals surface area (Å²) in [6.45, 7) is 3.48. The summed E-state index contributed by atoms with van der Waals surface area (Å²) in [5.74, 6) is -0.243. The normalized spacial score (nSPS) is 10.4. The van der Waals surface area contributed by atoms with Crippen molar-refractivity contribution in [2.75, 3.05) is 18.5 Å². The lowest BCUT2D eigenvalue weighted by atomic mass is 10.3. The summed E-state index contributed by atoms with van der Waals surface area (Å²) in [7, 11) is 1.79. The number of benzene rings is 1. The highest BCUT2D eigenvalue weighted by atomic mass is 79.9. The number of ether oxygens (including phenoxy) is 2. The summed E-state index contributed by atoms with van der Waals surface area (Å²) in [6.07, 6.45) is 0.0603. The lowest BCUT2D eigenvalue weighted by Gasteiger charge is -2.08. The molecule has 1 aromatic carbocycles. The number of hydrogen-bond donors (Lipinski definition) is 1. The van der Waals surface area contributed by atoms with Gasteiger partial charge in [0.2, 0.25) is 0 Å². The first-order chi connectivity index (χ1) is 11.9. The minimum Gasteiger partial charge on any atom is -0.493 e. The Kier molecular flexibility index (Phi) is 6.58. The van der Waals surface area contributed by atoms with Gasteiger partial charge >= 0.3 is 5.97 Å². The van der Waals surface area contributed by atoms with Crippen LogP contribution in [0.1, 0.15) is 17.8 Å². The monoisotopic (exact) mass is 409 g/mol. The molecule has 1 aromatic heterocycles. The van der Waals surface area contributed by atoms with Crippen molar-refractivity contribution in [1.82, 2.24) is 9.78 Å². The summed E-state index contributed by atoms with van der Waals surface area (Å²) in [6, 6.07) is 7.31. The van der Waals surface area contributed by atoms with Crippen LogP contribution in [0.5, 0.6) is 5.75 Å². The Morgan fingerprint density at radius 1 is 1.32 bits per heavy atom. The number of hydrogen-bond acceptors (Lipinski definition) is 5. The fraction of sp³-hybridized carbons (Fsp3) is 0.353. The maximum absolute atomic E-state index is 11.9. The Morgan fingerprint density at radius 2 is 2.08 bits per heavy atom. The van der Waals surface area contributed by atoms with E-state index >= 15 is 0 Å². The summed E-state index contributed by atoms with van der Waals surface area (Å²) < 4.78 is 13.0. The Hall–Kier alpha value is -2.35. The van der Waals surface area contributed by atoms with Gasteiger partial charge in [0.05, 0.1) is 30.1 Å². The van der Waals surface area contributed by atoms with E-state index in [1.807, 2.05) is 19.1 Å². The standard InChI is InChI=1S/C17H20BrN3O4/c1-11-17(12(2)21(3)20-11)19-15(22)10-25-16(23)7-8-24-14-6-4-5-13(18)9-14/h4-6,9H,7-8,10H2,1-3H3,(H,19,22). The van der Waals surface area contributed by atoms with Gasteiger partial charge in [-0.1, -0.05) is 22.0 Å². The average Bonchev–Trinajstić information content (AvgIpc) is 2.79. The number of amides is 1. The van der Waals surface area contributed by atoms with E-state index < -0.39 is 11.9 Å². The van der Waals surface area contributed by atoms with Crippen molar-refractivity contribution in [2.45, 2.75) is 20.3 Å². The van der Waals surface area contributed by atoms with E-state index in [-0.39, 0.29) is 19.6 Å². The molecular weight excluding hydrogens is 390 g/mol. The van der Waals surface area contributed by atoms with Crippen molar-refractivity contribution in [3.05, 3.63) is 40.1 Å². The SMILES string of the molecule is Cc1nn(C)c(C)c1NC(=O)COC(=O)CCOc1cccc(Br)c1. The average molecular weight is 410 g/mol. The number of carbonyl (C=O) groups excluding carboxylic acids is 2. The third-order valence-corrected chi connectivity index (χ3v) is 4.00. The molecule has 0 aliphatic rings. The predicted molar refractivity (Wildman–Crippen MR) is 96.5 cm³/mol. The summed E-state index contributed by atoms with van der Waals surface area (Å²) in [5.41, 5.74) is 2.18. The highest BCUT2D eigenvalue weighted by Crippen LogP contribution is 2.18. The Balaban J connectivity index is 1.71. The van der Waals surface area contributed by atoms with Crippen LogP contribution in [0.15, 0.2) is 28.7 Å². The van der Waals surface area contributed by atoms with Crippen molar-refractivity contribution >= 4 is 33.5 Å². The van der Waals surface area contributed by atoms with Crippen LogP contribution in [0.2, 0.25) is 0 Å². The minimum absolute atomic E-state index is 0.0603. The molecule has 0 radical (unpaired) electrons. The van der Waals surface area contributed by atoms with Crippen LogP contribution in [0.3, 0.4) is 0 Å². The zero-order chi connectivity index (χ0) is 18.4. The molecule has 0 saturated carbocycles. The number of halogens is 1. The van der Waals surface area contributed by atoms with Gasteiger partial charge in [-0.05, 0) is 32.0 Å². The molecule has 0 atom stereocenters. The fourth-order valence-electron chi connectivity index (χ4n) is 2.16. The van der Waals surface area contributed by atoms with E-state index in [1.165, 1.54) is 0 Å². The second-order valence-corrected chi connectivity index (χ2v) is 6.35. The maximum atomic E-state index is 11.9. The van der Waals surface area contributed by atoms with Crippen LogP contribution in [0, 0.1) is 13.8 Å². The highest BCUT2D eigenvalue weighted by molar-refractivity contribution is 9.10. The lowest BCUT2D eigenvalue weighted by molar-refractivity contribution is -0.147. The van der Waals surface area contributed by atoms with E-state index in [0.717, 1.165) is 10.2 Å². The van der Waals surface area contributed by atoms with Crippen LogP contribution in [0.25, 0.3) is 0 Å². The Labute approximate surface area is 154 Å². The molecule has 8 heteroatoms. The van der Waals surface area contributed by atoms with Gasteiger partial charge in [0.25, 0.3) is 5.91 Å². The van der Waals surface area contributed by atoms with Gasteiger partial charge < -0.3 is 14.8 Å². The number of carbonyl (C=O) groups is 2. The van der Waals surface area contributed by atoms with E-state index in [0.29, 0.717) is 17.1 Å². The molecule has 0 aliphatic heterocycles. The first-order valence-electron chi connectivity index (χ1n) is 7.71. The molecule has 2 aromatic rings. The van der Waals surface area contributed by atoms with Crippen LogP contribution in [-0.4, -0.2) is 34.9 Å². The molecule has 0 aliphatic carbocycles. The predicted octanol–water partition coefficient (Wildman–Crippen LogP) is 2.75. The second kappa shape index (κ2) is 8.66. The molecule has 2 rings (SSSR count). The zero-order valence-electron chi connectivity index (χ0n) is 14.3. The third-order valence-electron chi connectivity index (χ3n) is 3.51. The van der Waals surface area contributed by atoms with Gasteiger partial charge in [-0.25, -0.2) is 0 Å². The van der Waals surface area contributed by atoms with Crippen LogP contribution < -0.4 is 10.1 Å². The second-order valence-electron chi connectivity index (χ2n) is 5.43. The minimum atomic E-state index is -0.496. The molecule has 0 saturated heterocycles. The molecule has 134 valence electrons. The van der Waals surface area contributed by atoms with Crippen molar-refractivity contribution in [2.24, 2.45) is 7.05 Å². The van der Waals surface area contributed by atoms with Crippen LogP contribution >= 0.6 is 15.9 Å². The van der Waals surface area contributed by atoms with Crippen LogP contribution in [0.4, 0.5) is 5.69 Å². The first kappa shape index (κ1) is 19.0. The smallest absolute Gasteiger partial charge is 0.309 e. The van der Waals surface area contributed by atoms with Crippen molar-refractivity contribution in [3.63, 3.8) is 0 Å². The van der Waals surface area contributed by atoms with Gasteiger partial charge in [0, 0.05) is 11.5 Å². The largest absolute Gasteiger partial charge is 0.493 e. The van der Waals surface area contributed by atoms with Crippen molar-refractivity contribution < 1.29 is 19.1 Å². The molecule has 25 heavy (non-hydrogen) atoms. The number of anilines is 1. The maximum Gasteiger partial charge on any atom is 0.309 e. The molecular formula is C17H20BrN3O4. The van der Waals surface area contributed by atoms with Crippen molar-refractivity contribution in [3.8, 4) is 5.75 Å². The van der Waals surface area contributed by atoms with Crippen LogP contribution in [-0.2, 0) is 21.4 Å². The summed E-state index contributed by atoms with van der Waals surface area (Å²) >= 11 is 3.34. The van der Waals surface area contributed by atoms with E-state index in [1.54, 1.807) is 30.8 Å². The first-order valence-corrected chi connectivity index (χ1v) is 8.50. The Morgan fingerprint density at radius 3 is 2.72 bits per heavy atom. The zero-order valence-corrected chi connectivity index (χ0v) is 15.9. The number of nitrogens with zero attached hydrogens (tertiary/aromatic N) is 2. The molecule has 1 amide bonds. The molecule has 1 heterocycles. The number of nitrogens with one attached hydrogen (secondary N) is 1.